The van der Waals surface area contributed by atoms with E-state index >= 15 is 0 Å². The van der Waals surface area contributed by atoms with Crippen molar-refractivity contribution in [3.63, 3.8) is 0 Å². The zero-order valence-electron chi connectivity index (χ0n) is 18.3. The van der Waals surface area contributed by atoms with E-state index in [1.807, 2.05) is 31.2 Å². The van der Waals surface area contributed by atoms with Crippen LogP contribution in [0.25, 0.3) is 10.8 Å². The Bertz CT molecular complexity index is 1430. The zero-order valence-corrected chi connectivity index (χ0v) is 19.1. The average molecular weight is 461 g/mol. The maximum Gasteiger partial charge on any atom is 0.263 e. The van der Waals surface area contributed by atoms with Crippen LogP contribution in [0, 0.1) is 6.92 Å². The summed E-state index contributed by atoms with van der Waals surface area (Å²) >= 11 is 0. The van der Waals surface area contributed by atoms with Crippen LogP contribution in [0.1, 0.15) is 36.0 Å². The highest BCUT2D eigenvalue weighted by molar-refractivity contribution is 7.92. The maximum absolute atomic E-state index is 13.1. The molecule has 0 aliphatic rings. The number of aromatic nitrogens is 1. The lowest BCUT2D eigenvalue weighted by Crippen LogP contribution is -2.17. The normalized spacial score (nSPS) is 12.4. The predicted octanol–water partition coefficient (Wildman–Crippen LogP) is 5.16. The molecule has 7 heteroatoms. The third-order valence-electron chi connectivity index (χ3n) is 5.72. The number of carbonyl (C=O) groups excluding carboxylic acids is 1. The molecule has 1 aromatic heterocycles. The molecule has 4 aromatic rings. The third kappa shape index (κ3) is 4.32. The molecule has 2 N–H and O–H groups in total. The molecule has 4 rings (SSSR count). The van der Waals surface area contributed by atoms with Crippen molar-refractivity contribution in [2.45, 2.75) is 31.1 Å². The number of rotatable bonds is 7. The summed E-state index contributed by atoms with van der Waals surface area (Å²) in [5.74, 6) is -0.844. The number of hydrogen-bond donors (Lipinski definition) is 2. The standard InChI is InChI=1S/C26H24N2O4S/c1-3-24(29)25(19-11-5-4-9-17(19)2)22-15-23(20-12-6-7-13-21(20)26(22)30)28-33(31,32)18-10-8-14-27-16-18/h4-16,25,28,30H,3H2,1-2H3. The number of aromatic hydroxyl groups is 1. The van der Waals surface area contributed by atoms with Gasteiger partial charge in [0.05, 0.1) is 11.6 Å². The Kier molecular flexibility index (Phi) is 6.16. The Balaban J connectivity index is 1.96. The molecular formula is C26H24N2O4S. The van der Waals surface area contributed by atoms with Gasteiger partial charge in [-0.15, -0.1) is 0 Å². The highest BCUT2D eigenvalue weighted by Crippen LogP contribution is 2.42. The van der Waals surface area contributed by atoms with Crippen LogP contribution in [0.4, 0.5) is 5.69 Å². The fraction of sp³-hybridized carbons (Fsp3) is 0.154. The average Bonchev–Trinajstić information content (AvgIpc) is 2.83. The number of phenols is 1. The van der Waals surface area contributed by atoms with Crippen LogP contribution in [0.15, 0.2) is 84.0 Å². The molecule has 33 heavy (non-hydrogen) atoms. The van der Waals surface area contributed by atoms with E-state index in [0.29, 0.717) is 16.3 Å². The Morgan fingerprint density at radius 3 is 2.36 bits per heavy atom. The molecule has 0 radical (unpaired) electrons. The summed E-state index contributed by atoms with van der Waals surface area (Å²) in [6.07, 6.45) is 3.03. The van der Waals surface area contributed by atoms with Crippen molar-refractivity contribution in [1.82, 2.24) is 4.98 Å². The molecule has 0 amide bonds. The van der Waals surface area contributed by atoms with Gasteiger partial charge >= 0.3 is 0 Å². The first kappa shape index (κ1) is 22.5. The molecule has 1 unspecified atom stereocenters. The van der Waals surface area contributed by atoms with E-state index < -0.39 is 15.9 Å². The van der Waals surface area contributed by atoms with Crippen molar-refractivity contribution in [2.24, 2.45) is 0 Å². The van der Waals surface area contributed by atoms with Crippen molar-refractivity contribution in [3.8, 4) is 5.75 Å². The van der Waals surface area contributed by atoms with E-state index in [0.717, 1.165) is 11.1 Å². The number of phenolic OH excluding ortho intramolecular Hbond substituents is 1. The van der Waals surface area contributed by atoms with Crippen LogP contribution in [0.5, 0.6) is 5.75 Å². The van der Waals surface area contributed by atoms with Crippen LogP contribution in [0.3, 0.4) is 0 Å². The van der Waals surface area contributed by atoms with Gasteiger partial charge in [-0.3, -0.25) is 14.5 Å². The molecule has 6 nitrogen and oxygen atoms in total. The van der Waals surface area contributed by atoms with Gasteiger partial charge < -0.3 is 5.11 Å². The summed E-state index contributed by atoms with van der Waals surface area (Å²) in [5, 5.41) is 12.2. The number of benzene rings is 3. The van der Waals surface area contributed by atoms with Crippen LogP contribution < -0.4 is 4.72 Å². The van der Waals surface area contributed by atoms with Gasteiger partial charge in [0.1, 0.15) is 16.4 Å². The highest BCUT2D eigenvalue weighted by atomic mass is 32.2. The van der Waals surface area contributed by atoms with Crippen LogP contribution in [-0.4, -0.2) is 24.3 Å². The second kappa shape index (κ2) is 9.03. The summed E-state index contributed by atoms with van der Waals surface area (Å²) < 4.78 is 28.7. The Labute approximate surface area is 193 Å². The Morgan fingerprint density at radius 2 is 1.70 bits per heavy atom. The molecule has 0 saturated carbocycles. The number of hydrogen-bond acceptors (Lipinski definition) is 5. The lowest BCUT2D eigenvalue weighted by molar-refractivity contribution is -0.119. The third-order valence-corrected chi connectivity index (χ3v) is 7.07. The summed E-state index contributed by atoms with van der Waals surface area (Å²) in [6, 6.07) is 19.0. The maximum atomic E-state index is 13.1. The van der Waals surface area contributed by atoms with E-state index in [2.05, 4.69) is 9.71 Å². The topological polar surface area (TPSA) is 96.4 Å². The molecule has 168 valence electrons. The number of pyridine rings is 1. The quantitative estimate of drug-likeness (QED) is 0.371. The Hall–Kier alpha value is -3.71. The van der Waals surface area contributed by atoms with E-state index in [1.54, 1.807) is 43.3 Å². The van der Waals surface area contributed by atoms with Crippen molar-refractivity contribution >= 4 is 32.3 Å². The van der Waals surface area contributed by atoms with Gasteiger partial charge in [-0.25, -0.2) is 8.42 Å². The number of sulfonamides is 1. The number of anilines is 1. The van der Waals surface area contributed by atoms with E-state index in [1.165, 1.54) is 18.5 Å². The first-order valence-corrected chi connectivity index (χ1v) is 12.1. The SMILES string of the molecule is CCC(=O)C(c1ccccc1C)c1cc(NS(=O)(=O)c2cccnc2)c2ccccc2c1O. The van der Waals surface area contributed by atoms with Crippen molar-refractivity contribution in [3.05, 3.63) is 95.8 Å². The van der Waals surface area contributed by atoms with Crippen molar-refractivity contribution in [1.29, 1.82) is 0 Å². The van der Waals surface area contributed by atoms with E-state index in [-0.39, 0.29) is 28.5 Å². The fourth-order valence-corrected chi connectivity index (χ4v) is 5.06. The first-order valence-electron chi connectivity index (χ1n) is 10.6. The molecule has 1 atom stereocenters. The van der Waals surface area contributed by atoms with Gasteiger partial charge in [0.15, 0.2) is 0 Å². The molecule has 0 fully saturated rings. The first-order chi connectivity index (χ1) is 15.8. The molecule has 0 bridgehead atoms. The molecule has 0 aliphatic heterocycles. The van der Waals surface area contributed by atoms with Crippen LogP contribution >= 0.6 is 0 Å². The number of nitrogens with one attached hydrogen (secondary N) is 1. The van der Waals surface area contributed by atoms with Gasteiger partial charge in [-0.2, -0.15) is 0 Å². The van der Waals surface area contributed by atoms with Crippen molar-refractivity contribution < 1.29 is 18.3 Å². The number of ketones is 1. The number of nitrogens with zero attached hydrogens (tertiary/aromatic N) is 1. The molecule has 3 aromatic carbocycles. The monoisotopic (exact) mass is 460 g/mol. The largest absolute Gasteiger partial charge is 0.507 e. The summed E-state index contributed by atoms with van der Waals surface area (Å²) in [6.45, 7) is 3.69. The molecule has 1 heterocycles. The number of aryl methyl sites for hydroxylation is 1. The van der Waals surface area contributed by atoms with Gasteiger partial charge in [-0.1, -0.05) is 55.5 Å². The minimum Gasteiger partial charge on any atom is -0.507 e. The lowest BCUT2D eigenvalue weighted by Gasteiger charge is -2.22. The summed E-state index contributed by atoms with van der Waals surface area (Å²) in [7, 11) is -3.94. The number of Topliss-reactive ketones (excluding diaryl/α,β-unsaturated/α-hetero) is 1. The van der Waals surface area contributed by atoms with Gasteiger partial charge in [-0.05, 0) is 36.2 Å². The second-order valence-electron chi connectivity index (χ2n) is 7.81. The van der Waals surface area contributed by atoms with Gasteiger partial charge in [0.25, 0.3) is 10.0 Å². The summed E-state index contributed by atoms with van der Waals surface area (Å²) in [5.41, 5.74) is 2.33. The minimum absolute atomic E-state index is 0.0174. The lowest BCUT2D eigenvalue weighted by atomic mass is 9.82. The minimum atomic E-state index is -3.94. The second-order valence-corrected chi connectivity index (χ2v) is 9.49. The summed E-state index contributed by atoms with van der Waals surface area (Å²) in [4.78, 5) is 17.0. The van der Waals surface area contributed by atoms with Crippen LogP contribution in [0.2, 0.25) is 0 Å². The molecule has 0 spiro atoms. The number of carbonyl (C=O) groups is 1. The molecule has 0 saturated heterocycles. The molecule has 0 aliphatic carbocycles. The van der Waals surface area contributed by atoms with E-state index in [9.17, 15) is 18.3 Å². The highest BCUT2D eigenvalue weighted by Gasteiger charge is 2.28. The molecular weight excluding hydrogens is 436 g/mol. The predicted molar refractivity (Wildman–Crippen MR) is 129 cm³/mol. The fourth-order valence-electron chi connectivity index (χ4n) is 4.03. The number of fused-ring (bicyclic) bond motifs is 1. The smallest absolute Gasteiger partial charge is 0.263 e. The van der Waals surface area contributed by atoms with E-state index in [4.69, 9.17) is 0 Å². The van der Waals surface area contributed by atoms with Crippen molar-refractivity contribution in [2.75, 3.05) is 4.72 Å². The zero-order chi connectivity index (χ0) is 23.6. The van der Waals surface area contributed by atoms with Gasteiger partial charge in [0, 0.05) is 35.2 Å². The Morgan fingerprint density at radius 1 is 1.00 bits per heavy atom. The van der Waals surface area contributed by atoms with Gasteiger partial charge in [0.2, 0.25) is 0 Å². The van der Waals surface area contributed by atoms with Crippen LogP contribution in [-0.2, 0) is 14.8 Å².